The summed E-state index contributed by atoms with van der Waals surface area (Å²) < 4.78 is 2.14. The molecule has 0 bridgehead atoms. The average Bonchev–Trinajstić information content (AvgIpc) is 3.22. The van der Waals surface area contributed by atoms with Crippen molar-refractivity contribution in [1.29, 1.82) is 0 Å². The summed E-state index contributed by atoms with van der Waals surface area (Å²) in [6.45, 7) is 0. The number of hydrogen-bond donors (Lipinski definition) is 0. The Labute approximate surface area is 185 Å². The topological polar surface area (TPSA) is 51.4 Å². The molecule has 0 fully saturated rings. The highest BCUT2D eigenvalue weighted by atomic mass is 16.1. The third-order valence-electron chi connectivity index (χ3n) is 5.63. The first-order chi connectivity index (χ1) is 15.7. The maximum absolute atomic E-state index is 11.1. The highest BCUT2D eigenvalue weighted by molar-refractivity contribution is 5.78. The van der Waals surface area contributed by atoms with Gasteiger partial charge in [0.15, 0.2) is 0 Å². The normalized spacial score (nSPS) is 10.9. The summed E-state index contributed by atoms with van der Waals surface area (Å²) in [5.74, 6) is 0. The third kappa shape index (κ3) is 3.74. The lowest BCUT2D eigenvalue weighted by Gasteiger charge is -2.08. The fraction of sp³-hybridized carbons (Fsp3) is 0.0357. The average molecular weight is 416 g/mol. The largest absolute Gasteiger partial charge is 0.302 e. The molecule has 0 atom stereocenters. The Hall–Kier alpha value is -4.31. The molecule has 0 saturated heterocycles. The lowest BCUT2D eigenvalue weighted by Crippen LogP contribution is -1.97. The van der Waals surface area contributed by atoms with Crippen LogP contribution in [0.4, 0.5) is 0 Å². The summed E-state index contributed by atoms with van der Waals surface area (Å²) >= 11 is 0. The number of nitrogens with zero attached hydrogens (tertiary/aromatic N) is 2. The number of carbonyl (C=O) groups is 2. The Kier molecular flexibility index (Phi) is 5.18. The van der Waals surface area contributed by atoms with Crippen molar-refractivity contribution < 1.29 is 9.59 Å². The van der Waals surface area contributed by atoms with Gasteiger partial charge in [-0.25, -0.2) is 4.98 Å². The molecule has 5 aromatic rings. The van der Waals surface area contributed by atoms with E-state index in [1.807, 2.05) is 78.9 Å². The zero-order valence-electron chi connectivity index (χ0n) is 17.3. The molecule has 5 rings (SSSR count). The number of carbonyl (C=O) groups excluding carboxylic acids is 2. The first kappa shape index (κ1) is 19.6. The SMILES string of the molecule is O=Cc1ccc(-c2ccc3nc(-c4ccc(C=O)cc4)c(Cc4ccccc4)n3c2)cc1. The van der Waals surface area contributed by atoms with Crippen molar-refractivity contribution in [2.45, 2.75) is 6.42 Å². The maximum Gasteiger partial charge on any atom is 0.150 e. The van der Waals surface area contributed by atoms with Gasteiger partial charge in [-0.05, 0) is 28.8 Å². The van der Waals surface area contributed by atoms with Gasteiger partial charge in [0.05, 0.1) is 11.4 Å². The van der Waals surface area contributed by atoms with E-state index in [0.29, 0.717) is 11.1 Å². The summed E-state index contributed by atoms with van der Waals surface area (Å²) in [5, 5.41) is 0. The van der Waals surface area contributed by atoms with Crippen molar-refractivity contribution in [1.82, 2.24) is 9.38 Å². The zero-order valence-corrected chi connectivity index (χ0v) is 17.3. The number of pyridine rings is 1. The molecule has 2 aromatic heterocycles. The van der Waals surface area contributed by atoms with Gasteiger partial charge in [-0.1, -0.05) is 78.9 Å². The molecular weight excluding hydrogens is 396 g/mol. The fourth-order valence-corrected chi connectivity index (χ4v) is 3.93. The number of imidazole rings is 1. The quantitative estimate of drug-likeness (QED) is 0.325. The van der Waals surface area contributed by atoms with Crippen molar-refractivity contribution in [2.24, 2.45) is 0 Å². The Bertz CT molecular complexity index is 1400. The summed E-state index contributed by atoms with van der Waals surface area (Å²) in [6.07, 6.45) is 4.52. The summed E-state index contributed by atoms with van der Waals surface area (Å²) in [6, 6.07) is 29.5. The van der Waals surface area contributed by atoms with E-state index in [1.54, 1.807) is 0 Å². The summed E-state index contributed by atoms with van der Waals surface area (Å²) in [7, 11) is 0. The van der Waals surface area contributed by atoms with Crippen LogP contribution in [0.2, 0.25) is 0 Å². The predicted octanol–water partition coefficient (Wildman–Crippen LogP) is 5.88. The van der Waals surface area contributed by atoms with E-state index in [9.17, 15) is 9.59 Å². The molecule has 0 aliphatic rings. The van der Waals surface area contributed by atoms with Gasteiger partial charge in [0.25, 0.3) is 0 Å². The molecule has 4 heteroatoms. The molecule has 0 unspecified atom stereocenters. The lowest BCUT2D eigenvalue weighted by atomic mass is 10.0. The van der Waals surface area contributed by atoms with Gasteiger partial charge in [-0.2, -0.15) is 0 Å². The van der Waals surface area contributed by atoms with E-state index < -0.39 is 0 Å². The van der Waals surface area contributed by atoms with Crippen LogP contribution >= 0.6 is 0 Å². The van der Waals surface area contributed by atoms with Crippen LogP contribution in [0, 0.1) is 0 Å². The second-order valence-corrected chi connectivity index (χ2v) is 7.70. The molecule has 0 aliphatic carbocycles. The van der Waals surface area contributed by atoms with Crippen LogP contribution in [-0.2, 0) is 6.42 Å². The number of benzene rings is 3. The number of hydrogen-bond acceptors (Lipinski definition) is 3. The smallest absolute Gasteiger partial charge is 0.150 e. The van der Waals surface area contributed by atoms with Gasteiger partial charge in [0.2, 0.25) is 0 Å². The fourth-order valence-electron chi connectivity index (χ4n) is 3.93. The second-order valence-electron chi connectivity index (χ2n) is 7.70. The molecule has 154 valence electrons. The minimum Gasteiger partial charge on any atom is -0.302 e. The van der Waals surface area contributed by atoms with Gasteiger partial charge < -0.3 is 4.40 Å². The van der Waals surface area contributed by atoms with E-state index in [1.165, 1.54) is 5.56 Å². The molecule has 32 heavy (non-hydrogen) atoms. The number of rotatable bonds is 6. The van der Waals surface area contributed by atoms with E-state index in [0.717, 1.165) is 52.7 Å². The molecule has 0 spiro atoms. The number of aldehydes is 2. The Morgan fingerprint density at radius 3 is 1.88 bits per heavy atom. The molecular formula is C28H20N2O2. The third-order valence-corrected chi connectivity index (χ3v) is 5.63. The number of fused-ring (bicyclic) bond motifs is 1. The monoisotopic (exact) mass is 416 g/mol. The van der Waals surface area contributed by atoms with Gasteiger partial charge in [-0.3, -0.25) is 9.59 Å². The minimum atomic E-state index is 0.642. The van der Waals surface area contributed by atoms with Crippen LogP contribution in [0.5, 0.6) is 0 Å². The molecule has 3 aromatic carbocycles. The molecule has 2 heterocycles. The molecule has 0 N–H and O–H groups in total. The predicted molar refractivity (Wildman–Crippen MR) is 126 cm³/mol. The lowest BCUT2D eigenvalue weighted by molar-refractivity contribution is 0.111. The van der Waals surface area contributed by atoms with Crippen LogP contribution in [0.15, 0.2) is 97.2 Å². The van der Waals surface area contributed by atoms with Crippen LogP contribution in [0.25, 0.3) is 28.0 Å². The first-order valence-corrected chi connectivity index (χ1v) is 10.4. The van der Waals surface area contributed by atoms with Gasteiger partial charge in [0.1, 0.15) is 18.2 Å². The Morgan fingerprint density at radius 2 is 1.25 bits per heavy atom. The molecule has 4 nitrogen and oxygen atoms in total. The van der Waals surface area contributed by atoms with Crippen molar-refractivity contribution in [3.63, 3.8) is 0 Å². The van der Waals surface area contributed by atoms with Crippen molar-refractivity contribution >= 4 is 18.2 Å². The summed E-state index contributed by atoms with van der Waals surface area (Å²) in [4.78, 5) is 27.0. The van der Waals surface area contributed by atoms with Crippen LogP contribution in [0.3, 0.4) is 0 Å². The van der Waals surface area contributed by atoms with Crippen LogP contribution < -0.4 is 0 Å². The first-order valence-electron chi connectivity index (χ1n) is 10.4. The Balaban J connectivity index is 1.66. The molecule has 0 amide bonds. The zero-order chi connectivity index (χ0) is 21.9. The maximum atomic E-state index is 11.1. The van der Waals surface area contributed by atoms with Gasteiger partial charge >= 0.3 is 0 Å². The Morgan fingerprint density at radius 1 is 0.656 bits per heavy atom. The van der Waals surface area contributed by atoms with Crippen LogP contribution in [0.1, 0.15) is 32.0 Å². The minimum absolute atomic E-state index is 0.642. The van der Waals surface area contributed by atoms with Crippen LogP contribution in [-0.4, -0.2) is 22.0 Å². The van der Waals surface area contributed by atoms with E-state index in [2.05, 4.69) is 22.7 Å². The van der Waals surface area contributed by atoms with Crippen molar-refractivity contribution in [3.05, 3.63) is 120 Å². The highest BCUT2D eigenvalue weighted by Crippen LogP contribution is 2.29. The summed E-state index contributed by atoms with van der Waals surface area (Å²) in [5.41, 5.74) is 8.39. The van der Waals surface area contributed by atoms with Crippen molar-refractivity contribution in [2.75, 3.05) is 0 Å². The second kappa shape index (κ2) is 8.44. The van der Waals surface area contributed by atoms with Gasteiger partial charge in [0, 0.05) is 29.3 Å². The molecule has 0 saturated carbocycles. The highest BCUT2D eigenvalue weighted by Gasteiger charge is 2.15. The number of aromatic nitrogens is 2. The molecule has 0 aliphatic heterocycles. The van der Waals surface area contributed by atoms with Crippen molar-refractivity contribution in [3.8, 4) is 22.4 Å². The van der Waals surface area contributed by atoms with E-state index in [4.69, 9.17) is 4.98 Å². The van der Waals surface area contributed by atoms with E-state index in [-0.39, 0.29) is 0 Å². The molecule has 0 radical (unpaired) electrons. The van der Waals surface area contributed by atoms with E-state index >= 15 is 0 Å². The van der Waals surface area contributed by atoms with Gasteiger partial charge in [-0.15, -0.1) is 0 Å². The standard InChI is InChI=1S/C28H20N2O2/c31-18-21-6-10-23(11-7-21)25-14-15-27-29-28(24-12-8-22(19-32)9-13-24)26(30(27)17-25)16-20-4-2-1-3-5-20/h1-15,17-19H,16H2.